The van der Waals surface area contributed by atoms with Crippen molar-refractivity contribution in [3.8, 4) is 90.5 Å². The number of carboxylic acids is 2. The number of sulfonamides is 4. The summed E-state index contributed by atoms with van der Waals surface area (Å²) >= 11 is 2.99. The van der Waals surface area contributed by atoms with Crippen molar-refractivity contribution in [1.82, 2.24) is 0 Å². The molecule has 0 aliphatic carbocycles. The van der Waals surface area contributed by atoms with Crippen LogP contribution in [0.4, 0.5) is 22.7 Å². The molecule has 0 radical (unpaired) electrons. The molecule has 0 heterocycles. The van der Waals surface area contributed by atoms with Gasteiger partial charge >= 0.3 is 41.5 Å². The summed E-state index contributed by atoms with van der Waals surface area (Å²) in [6.07, 6.45) is 4.32. The molecule has 0 bridgehead atoms. The van der Waals surface area contributed by atoms with Crippen LogP contribution in [-0.4, -0.2) is 112 Å². The van der Waals surface area contributed by atoms with Gasteiger partial charge in [0.15, 0.2) is 0 Å². The van der Waals surface area contributed by atoms with Gasteiger partial charge in [-0.1, -0.05) is 162 Å². The van der Waals surface area contributed by atoms with Crippen LogP contribution in [0.5, 0.6) is 46.0 Å². The number of ether oxygens (including phenoxy) is 5. The Balaban J connectivity index is 0.000000213. The maximum atomic E-state index is 12.0. The van der Waals surface area contributed by atoms with E-state index in [0.29, 0.717) is 35.1 Å². The van der Waals surface area contributed by atoms with Crippen molar-refractivity contribution in [2.75, 3.05) is 67.6 Å². The van der Waals surface area contributed by atoms with E-state index in [-0.39, 0.29) is 52.1 Å². The molecule has 0 unspecified atom stereocenters. The van der Waals surface area contributed by atoms with Gasteiger partial charge in [-0.3, -0.25) is 27.2 Å². The molecule has 22 nitrogen and oxygen atoms in total. The average molecular weight is 1770 g/mol. The Morgan fingerprint density at radius 3 is 0.858 bits per heavy atom. The van der Waals surface area contributed by atoms with Gasteiger partial charge in [0, 0.05) is 12.2 Å². The zero-order valence-corrected chi connectivity index (χ0v) is 75.6. The largest absolute Gasteiger partial charge is 1.00 e. The molecule has 12 aromatic rings. The number of aryl methyl sites for hydroxylation is 4. The van der Waals surface area contributed by atoms with E-state index in [9.17, 15) is 53.2 Å². The Morgan fingerprint density at radius 1 is 0.383 bits per heavy atom. The first-order valence-corrected chi connectivity index (χ1v) is 45.6. The van der Waals surface area contributed by atoms with Crippen LogP contribution in [0.2, 0.25) is 0 Å². The van der Waals surface area contributed by atoms with Gasteiger partial charge in [0.2, 0.25) is 40.1 Å². The number of carbonyl (C=O) groups is 3. The molecular formula is C92H94BrN4NaO18S4. The van der Waals surface area contributed by atoms with Crippen molar-refractivity contribution in [3.63, 3.8) is 0 Å². The predicted molar refractivity (Wildman–Crippen MR) is 476 cm³/mol. The molecule has 2 N–H and O–H groups in total. The van der Waals surface area contributed by atoms with Crippen molar-refractivity contribution in [2.45, 2.75) is 61.0 Å². The number of para-hydroxylation sites is 4. The summed E-state index contributed by atoms with van der Waals surface area (Å²) in [4.78, 5) is 32.5. The van der Waals surface area contributed by atoms with Gasteiger partial charge in [-0.2, -0.15) is 0 Å². The van der Waals surface area contributed by atoms with E-state index in [2.05, 4.69) is 20.7 Å². The number of anilines is 4. The number of benzene rings is 12. The molecule has 0 fully saturated rings. The number of halogens is 1. The normalized spacial score (nSPS) is 11.0. The number of alkyl halides is 1. The smallest absolute Gasteiger partial charge is 0.548 e. The number of carbonyl (C=O) groups excluding carboxylic acids is 2. The third kappa shape index (κ3) is 30.8. The first-order valence-electron chi connectivity index (χ1n) is 37.1. The van der Waals surface area contributed by atoms with Gasteiger partial charge in [-0.15, -0.1) is 0 Å². The Labute approximate surface area is 734 Å². The van der Waals surface area contributed by atoms with Gasteiger partial charge in [-0.25, -0.2) is 33.7 Å². The minimum Gasteiger partial charge on any atom is -0.548 e. The van der Waals surface area contributed by atoms with Gasteiger partial charge < -0.3 is 38.7 Å². The fourth-order valence-corrected chi connectivity index (χ4v) is 15.3. The molecule has 0 saturated heterocycles. The third-order valence-electron chi connectivity index (χ3n) is 17.2. The number of rotatable bonds is 26. The molecule has 0 atom stereocenters. The minimum atomic E-state index is -3.75. The first-order chi connectivity index (χ1) is 56.2. The monoisotopic (exact) mass is 1770 g/mol. The molecule has 0 aromatic heterocycles. The Kier molecular flexibility index (Phi) is 35.3. The number of aliphatic carboxylic acids is 2. The van der Waals surface area contributed by atoms with Crippen molar-refractivity contribution in [3.05, 3.63) is 313 Å². The molecule has 0 amide bonds. The van der Waals surface area contributed by atoms with Crippen LogP contribution < -0.4 is 71.2 Å². The Bertz CT molecular complexity index is 5700. The number of nitrogens with one attached hydrogen (secondary N) is 1. The summed E-state index contributed by atoms with van der Waals surface area (Å²) in [6.45, 7) is 14.0. The zero-order chi connectivity index (χ0) is 86.8. The fraction of sp³-hybridized carbons (Fsp3) is 0.185. The van der Waals surface area contributed by atoms with Crippen LogP contribution >= 0.6 is 15.9 Å². The molecule has 28 heteroatoms. The second-order valence-corrected chi connectivity index (χ2v) is 36.1. The van der Waals surface area contributed by atoms with Crippen LogP contribution in [0.3, 0.4) is 0 Å². The first kappa shape index (κ1) is 95.9. The van der Waals surface area contributed by atoms with E-state index in [4.69, 9.17) is 28.8 Å². The van der Waals surface area contributed by atoms with E-state index in [1.54, 1.807) is 42.5 Å². The SMILES string of the molecule is CC(C)(C)OC(=O)CBr.CCN(c1ccc(-c2ccc(Oc3ccccc3)cc2)c(C)c1)S(C)(=O)=O.Cc1cc(N(CC(=O)O)S(C)(=O)=O)ccc1-c1ccc(Oc2ccccc2)cc1.Cc1cc(N(CC(=O)[O-])S(C)(=O)=O)ccc1-c1ccc(Oc2ccccc2)cc1.Cc1cc(NS(C)(=O)=O)ccc1-c1ccc(Oc2ccccc2)cc1.[Na+]. The quantitative estimate of drug-likeness (QED) is 0.0289. The average Bonchev–Trinajstić information content (AvgIpc) is 0.806. The Morgan fingerprint density at radius 2 is 0.642 bits per heavy atom. The van der Waals surface area contributed by atoms with Crippen LogP contribution in [0.25, 0.3) is 44.5 Å². The summed E-state index contributed by atoms with van der Waals surface area (Å²) in [7, 11) is -14.0. The topological polar surface area (TPSA) is 299 Å². The van der Waals surface area contributed by atoms with Gasteiger partial charge in [0.25, 0.3) is 0 Å². The van der Waals surface area contributed by atoms with E-state index in [1.165, 1.54) is 10.6 Å². The summed E-state index contributed by atoms with van der Waals surface area (Å²) in [6, 6.07) is 90.3. The molecule has 0 aliphatic heterocycles. The van der Waals surface area contributed by atoms with Crippen molar-refractivity contribution >= 4 is 96.7 Å². The second kappa shape index (κ2) is 44.1. The molecule has 622 valence electrons. The molecule has 0 spiro atoms. The van der Waals surface area contributed by atoms with Crippen LogP contribution in [0, 0.1) is 27.7 Å². The number of hydrogen-bond acceptors (Lipinski definition) is 17. The standard InChI is InChI=1S/2C22H21NO5S.C22H23NO3S.C20H19NO3S.C6H11BrO2.Na/c2*1-16-14-18(23(15-22(24)25)29(2,26)27)10-13-21(16)17-8-11-20(12-9-17)28-19-6-4-3-5-7-19;1-4-23(27(3,24)25)19-12-15-22(17(2)16-19)18-10-13-21(14-11-18)26-20-8-6-5-7-9-20;1-15-14-17(21-25(2,22)23)10-13-20(15)16-8-11-19(12-9-16)24-18-6-4-3-5-7-18;1-6(2,3)9-5(8)4-7;/h2*3-14H,15H2,1-2H3,(H,24,25);5-16H,4H2,1-3H3;3-14,21H,1-2H3;4H2,1-3H3;/q;;;;;+1/p-1. The fourth-order valence-electron chi connectivity index (χ4n) is 12.0. The van der Waals surface area contributed by atoms with Crippen LogP contribution in [0.15, 0.2) is 291 Å². The van der Waals surface area contributed by atoms with Crippen molar-refractivity contribution in [1.29, 1.82) is 0 Å². The number of hydrogen-bond donors (Lipinski definition) is 2. The second-order valence-electron chi connectivity index (χ2n) is 28.1. The molecule has 120 heavy (non-hydrogen) atoms. The summed E-state index contributed by atoms with van der Waals surface area (Å²) in [5, 5.41) is 20.2. The maximum Gasteiger partial charge on any atom is 1.00 e. The summed E-state index contributed by atoms with van der Waals surface area (Å²) in [5.41, 5.74) is 13.1. The molecule has 0 saturated carbocycles. The van der Waals surface area contributed by atoms with Gasteiger partial charge in [0.1, 0.15) is 63.5 Å². The van der Waals surface area contributed by atoms with Gasteiger partial charge in [0.05, 0.1) is 54.6 Å². The number of carboxylic acid groups (broad SMARTS) is 2. The van der Waals surface area contributed by atoms with Crippen LogP contribution in [-0.2, 0) is 59.2 Å². The summed E-state index contributed by atoms with van der Waals surface area (Å²) < 4.78 is 128. The third-order valence-corrected chi connectivity index (χ3v) is 21.8. The van der Waals surface area contributed by atoms with Crippen molar-refractivity contribution < 1.29 is 112 Å². The van der Waals surface area contributed by atoms with E-state index in [0.717, 1.165) is 129 Å². The zero-order valence-electron chi connectivity index (χ0n) is 68.8. The molecule has 0 aliphatic rings. The molecular weight excluding hydrogens is 1680 g/mol. The number of esters is 1. The van der Waals surface area contributed by atoms with Gasteiger partial charge in [-0.05, 0) is 268 Å². The molecule has 12 rings (SSSR count). The van der Waals surface area contributed by atoms with E-state index >= 15 is 0 Å². The number of nitrogens with zero attached hydrogens (tertiary/aromatic N) is 3. The maximum absolute atomic E-state index is 12.0. The van der Waals surface area contributed by atoms with E-state index in [1.807, 2.05) is 304 Å². The minimum absolute atomic E-state index is 0. The van der Waals surface area contributed by atoms with E-state index < -0.39 is 65.1 Å². The predicted octanol–water partition coefficient (Wildman–Crippen LogP) is 16.1. The summed E-state index contributed by atoms with van der Waals surface area (Å²) in [5.74, 6) is 3.13. The van der Waals surface area contributed by atoms with Crippen LogP contribution in [0.1, 0.15) is 49.9 Å². The molecule has 12 aromatic carbocycles. The Hall–Kier alpha value is -11.3. The van der Waals surface area contributed by atoms with Crippen molar-refractivity contribution in [2.24, 2.45) is 0 Å².